The molecular formula is C27H28Cl2N2O3. The van der Waals surface area contributed by atoms with Crippen molar-refractivity contribution in [2.75, 3.05) is 6.61 Å². The molecule has 4 rings (SSSR count). The molecule has 0 saturated heterocycles. The molecule has 2 atom stereocenters. The van der Waals surface area contributed by atoms with Crippen LogP contribution in [-0.2, 0) is 14.3 Å². The lowest BCUT2D eigenvalue weighted by atomic mass is 9.77. The molecule has 1 fully saturated rings. The Hall–Kier alpha value is -2.63. The maximum atomic E-state index is 13.3. The molecule has 1 aliphatic carbocycles. The largest absolute Gasteiger partial charge is 0.455 e. The lowest BCUT2D eigenvalue weighted by Crippen LogP contribution is -2.35. The van der Waals surface area contributed by atoms with Crippen LogP contribution in [0.5, 0.6) is 0 Å². The second-order valence-electron chi connectivity index (χ2n) is 9.77. The molecule has 0 spiro atoms. The van der Waals surface area contributed by atoms with E-state index >= 15 is 0 Å². The number of hydrogen-bond donors (Lipinski definition) is 0. The molecule has 1 amide bonds. The average molecular weight is 499 g/mol. The van der Waals surface area contributed by atoms with Gasteiger partial charge in [-0.05, 0) is 87.1 Å². The van der Waals surface area contributed by atoms with Crippen molar-refractivity contribution in [1.29, 1.82) is 0 Å². The Morgan fingerprint density at radius 2 is 1.85 bits per heavy atom. The van der Waals surface area contributed by atoms with E-state index in [4.69, 9.17) is 33.0 Å². The summed E-state index contributed by atoms with van der Waals surface area (Å²) in [6.07, 6.45) is 4.87. The van der Waals surface area contributed by atoms with Gasteiger partial charge in [-0.1, -0.05) is 47.5 Å². The highest BCUT2D eigenvalue weighted by molar-refractivity contribution is 6.31. The fourth-order valence-electron chi connectivity index (χ4n) is 4.41. The van der Waals surface area contributed by atoms with Crippen LogP contribution in [-0.4, -0.2) is 29.2 Å². The Balaban J connectivity index is 1.67. The van der Waals surface area contributed by atoms with E-state index in [1.165, 1.54) is 5.01 Å². The van der Waals surface area contributed by atoms with E-state index < -0.39 is 11.4 Å². The van der Waals surface area contributed by atoms with E-state index in [1.54, 1.807) is 20.8 Å². The van der Waals surface area contributed by atoms with E-state index in [1.807, 2.05) is 48.5 Å². The monoisotopic (exact) mass is 498 g/mol. The normalized spacial score (nSPS) is 21.3. The maximum absolute atomic E-state index is 13.3. The Bertz CT molecular complexity index is 1150. The molecule has 1 heterocycles. The van der Waals surface area contributed by atoms with E-state index in [9.17, 15) is 9.59 Å². The van der Waals surface area contributed by atoms with Gasteiger partial charge >= 0.3 is 5.97 Å². The number of nitrogens with zero attached hydrogens (tertiary/aromatic N) is 2. The Morgan fingerprint density at radius 3 is 2.53 bits per heavy atom. The molecule has 0 radical (unpaired) electrons. The van der Waals surface area contributed by atoms with Gasteiger partial charge in [-0.25, -0.2) is 5.01 Å². The van der Waals surface area contributed by atoms with Crippen molar-refractivity contribution in [3.63, 3.8) is 0 Å². The fourth-order valence-corrected chi connectivity index (χ4v) is 4.73. The molecular weight excluding hydrogens is 471 g/mol. The van der Waals surface area contributed by atoms with Gasteiger partial charge in [0.1, 0.15) is 0 Å². The number of fused-ring (bicyclic) bond motifs is 1. The minimum atomic E-state index is -0.687. The summed E-state index contributed by atoms with van der Waals surface area (Å²) in [6.45, 7) is 4.92. The maximum Gasteiger partial charge on any atom is 0.311 e. The van der Waals surface area contributed by atoms with Crippen LogP contribution in [0.2, 0.25) is 10.0 Å². The summed E-state index contributed by atoms with van der Waals surface area (Å²) < 4.78 is 5.32. The van der Waals surface area contributed by atoms with Crippen molar-refractivity contribution >= 4 is 46.9 Å². The first-order valence-electron chi connectivity index (χ1n) is 11.4. The number of allylic oxidation sites excluding steroid dienone is 1. The molecule has 2 aromatic carbocycles. The van der Waals surface area contributed by atoms with Crippen LogP contribution in [0.1, 0.15) is 57.2 Å². The third-order valence-corrected chi connectivity index (χ3v) is 6.58. The van der Waals surface area contributed by atoms with Crippen LogP contribution >= 0.6 is 23.2 Å². The summed E-state index contributed by atoms with van der Waals surface area (Å²) in [5, 5.41) is 7.60. The lowest BCUT2D eigenvalue weighted by Gasteiger charge is -2.29. The Morgan fingerprint density at radius 1 is 1.12 bits per heavy atom. The third-order valence-electron chi connectivity index (χ3n) is 6.10. The molecule has 1 saturated carbocycles. The number of carbonyl (C=O) groups is 2. The van der Waals surface area contributed by atoms with Crippen molar-refractivity contribution in [3.05, 3.63) is 75.3 Å². The molecule has 1 aliphatic heterocycles. The predicted octanol–water partition coefficient (Wildman–Crippen LogP) is 6.71. The Labute approximate surface area is 210 Å². The van der Waals surface area contributed by atoms with E-state index in [-0.39, 0.29) is 24.5 Å². The van der Waals surface area contributed by atoms with Gasteiger partial charge in [0.05, 0.1) is 17.2 Å². The van der Waals surface area contributed by atoms with Crippen molar-refractivity contribution in [2.45, 2.75) is 46.1 Å². The van der Waals surface area contributed by atoms with E-state index in [0.29, 0.717) is 10.0 Å². The summed E-state index contributed by atoms with van der Waals surface area (Å²) in [5.41, 5.74) is 3.26. The van der Waals surface area contributed by atoms with Crippen LogP contribution in [0, 0.1) is 11.3 Å². The summed E-state index contributed by atoms with van der Waals surface area (Å²) in [5.74, 6) is -0.723. The minimum Gasteiger partial charge on any atom is -0.455 e. The van der Waals surface area contributed by atoms with E-state index in [0.717, 1.165) is 41.7 Å². The number of hydrogen-bond acceptors (Lipinski definition) is 4. The standard InChI is InChI=1S/C27H28Cl2N2O3/c1-27(2,3)26(33)34-16-23(32)31-25(18-10-12-20(28)13-11-18)22-9-5-7-19(24(22)30-31)14-17-6-4-8-21(29)15-17/h4,6,8,10-15,22,25H,5,7,9,16H2,1-3H3. The van der Waals surface area contributed by atoms with Crippen LogP contribution in [0.3, 0.4) is 0 Å². The minimum absolute atomic E-state index is 0.0441. The van der Waals surface area contributed by atoms with Gasteiger partial charge < -0.3 is 4.74 Å². The zero-order chi connectivity index (χ0) is 24.5. The number of amides is 1. The second-order valence-corrected chi connectivity index (χ2v) is 10.6. The van der Waals surface area contributed by atoms with Crippen LogP contribution in [0.15, 0.2) is 59.2 Å². The van der Waals surface area contributed by atoms with Crippen molar-refractivity contribution in [1.82, 2.24) is 5.01 Å². The van der Waals surface area contributed by atoms with Crippen molar-refractivity contribution in [3.8, 4) is 0 Å². The van der Waals surface area contributed by atoms with Gasteiger partial charge in [-0.2, -0.15) is 5.10 Å². The first-order valence-corrected chi connectivity index (χ1v) is 12.2. The zero-order valence-electron chi connectivity index (χ0n) is 19.6. The highest BCUT2D eigenvalue weighted by Crippen LogP contribution is 2.44. The van der Waals surface area contributed by atoms with Gasteiger partial charge in [-0.3, -0.25) is 9.59 Å². The van der Waals surface area contributed by atoms with Gasteiger partial charge in [0, 0.05) is 16.0 Å². The molecule has 2 unspecified atom stereocenters. The summed E-state index contributed by atoms with van der Waals surface area (Å²) >= 11 is 12.3. The molecule has 0 aromatic heterocycles. The van der Waals surface area contributed by atoms with Crippen molar-refractivity contribution in [2.24, 2.45) is 16.4 Å². The number of halogens is 2. The molecule has 5 nitrogen and oxygen atoms in total. The molecule has 178 valence electrons. The lowest BCUT2D eigenvalue weighted by molar-refractivity contribution is -0.159. The van der Waals surface area contributed by atoms with Gasteiger partial charge in [0.25, 0.3) is 5.91 Å². The summed E-state index contributed by atoms with van der Waals surface area (Å²) in [4.78, 5) is 25.5. The number of rotatable bonds is 4. The topological polar surface area (TPSA) is 59.0 Å². The smallest absolute Gasteiger partial charge is 0.311 e. The predicted molar refractivity (Wildman–Crippen MR) is 136 cm³/mol. The van der Waals surface area contributed by atoms with E-state index in [2.05, 4.69) is 6.08 Å². The third kappa shape index (κ3) is 5.37. The van der Waals surface area contributed by atoms with Crippen LogP contribution < -0.4 is 0 Å². The molecule has 0 N–H and O–H groups in total. The zero-order valence-corrected chi connectivity index (χ0v) is 21.1. The van der Waals surface area contributed by atoms with Gasteiger partial charge in [0.2, 0.25) is 0 Å². The summed E-state index contributed by atoms with van der Waals surface area (Å²) in [7, 11) is 0. The quantitative estimate of drug-likeness (QED) is 0.440. The van der Waals surface area contributed by atoms with Gasteiger partial charge in [-0.15, -0.1) is 0 Å². The highest BCUT2D eigenvalue weighted by Gasteiger charge is 2.44. The average Bonchev–Trinajstić information content (AvgIpc) is 3.18. The number of esters is 1. The molecule has 2 aromatic rings. The summed E-state index contributed by atoms with van der Waals surface area (Å²) in [6, 6.07) is 14.9. The van der Waals surface area contributed by atoms with Crippen molar-refractivity contribution < 1.29 is 14.3 Å². The SMILES string of the molecule is CC(C)(C)C(=O)OCC(=O)N1N=C2C(=Cc3cccc(Cl)c3)CCCC2C1c1ccc(Cl)cc1. The number of ether oxygens (including phenoxy) is 1. The fraction of sp³-hybridized carbons (Fsp3) is 0.370. The second kappa shape index (κ2) is 9.93. The van der Waals surface area contributed by atoms with Crippen LogP contribution in [0.25, 0.3) is 6.08 Å². The Kier molecular flexibility index (Phi) is 7.15. The first kappa shape index (κ1) is 24.5. The first-order chi connectivity index (χ1) is 16.1. The van der Waals surface area contributed by atoms with Crippen LogP contribution in [0.4, 0.5) is 0 Å². The highest BCUT2D eigenvalue weighted by atomic mass is 35.5. The van der Waals surface area contributed by atoms with Gasteiger partial charge in [0.15, 0.2) is 6.61 Å². The molecule has 2 aliphatic rings. The number of carbonyl (C=O) groups excluding carboxylic acids is 2. The number of benzene rings is 2. The molecule has 7 heteroatoms. The molecule has 0 bridgehead atoms. The number of hydrazone groups is 1. The molecule has 34 heavy (non-hydrogen) atoms.